The molecule has 1 aliphatic rings. The minimum Gasteiger partial charge on any atom is -0.294 e. The van der Waals surface area contributed by atoms with Crippen LogP contribution < -0.4 is 0 Å². The maximum absolute atomic E-state index is 11.6. The van der Waals surface area contributed by atoms with Gasteiger partial charge >= 0.3 is 0 Å². The molecule has 0 aromatic heterocycles. The van der Waals surface area contributed by atoms with Crippen LogP contribution in [0.5, 0.6) is 0 Å². The Morgan fingerprint density at radius 1 is 1.25 bits per heavy atom. The van der Waals surface area contributed by atoms with Gasteiger partial charge in [0.05, 0.1) is 0 Å². The summed E-state index contributed by atoms with van der Waals surface area (Å²) in [5.41, 5.74) is 2.31. The summed E-state index contributed by atoms with van der Waals surface area (Å²) < 4.78 is 0. The molecule has 0 saturated carbocycles. The van der Waals surface area contributed by atoms with Crippen molar-refractivity contribution in [3.63, 3.8) is 0 Å². The zero-order valence-corrected chi connectivity index (χ0v) is 8.64. The lowest BCUT2D eigenvalue weighted by Crippen LogP contribution is -2.18. The van der Waals surface area contributed by atoms with Gasteiger partial charge < -0.3 is 0 Å². The largest absolute Gasteiger partial charge is 0.294 e. The van der Waals surface area contributed by atoms with E-state index in [1.165, 1.54) is 5.57 Å². The van der Waals surface area contributed by atoms with Gasteiger partial charge in [0.25, 0.3) is 0 Å². The molecule has 0 spiro atoms. The van der Waals surface area contributed by atoms with Gasteiger partial charge in [0.2, 0.25) is 0 Å². The molecular weight excluding hydrogens is 148 g/mol. The lowest BCUT2D eigenvalue weighted by atomic mass is 9.83. The second-order valence-electron chi connectivity index (χ2n) is 4.23. The van der Waals surface area contributed by atoms with E-state index in [9.17, 15) is 4.79 Å². The molecule has 1 aliphatic carbocycles. The Labute approximate surface area is 74.9 Å². The smallest absolute Gasteiger partial charge is 0.161 e. The fourth-order valence-electron chi connectivity index (χ4n) is 2.40. The number of hydrogen-bond donors (Lipinski definition) is 0. The van der Waals surface area contributed by atoms with Gasteiger partial charge in [-0.3, -0.25) is 4.79 Å². The Kier molecular flexibility index (Phi) is 2.41. The Bertz CT molecular complexity index is 235. The zero-order valence-electron chi connectivity index (χ0n) is 8.64. The van der Waals surface area contributed by atoms with Gasteiger partial charge in [0, 0.05) is 5.92 Å². The van der Waals surface area contributed by atoms with Gasteiger partial charge in [-0.15, -0.1) is 0 Å². The number of rotatable bonds is 1. The van der Waals surface area contributed by atoms with Crippen LogP contribution in [0.1, 0.15) is 34.6 Å². The third kappa shape index (κ3) is 1.21. The van der Waals surface area contributed by atoms with Crippen LogP contribution in [-0.2, 0) is 4.79 Å². The van der Waals surface area contributed by atoms with E-state index in [1.54, 1.807) is 0 Å². The first kappa shape index (κ1) is 9.50. The van der Waals surface area contributed by atoms with E-state index >= 15 is 0 Å². The number of allylic oxidation sites excluding steroid dienone is 2. The van der Waals surface area contributed by atoms with Crippen molar-refractivity contribution < 1.29 is 4.79 Å². The van der Waals surface area contributed by atoms with E-state index in [0.717, 1.165) is 5.57 Å². The van der Waals surface area contributed by atoms with E-state index in [4.69, 9.17) is 0 Å². The fourth-order valence-corrected chi connectivity index (χ4v) is 2.40. The van der Waals surface area contributed by atoms with Gasteiger partial charge in [-0.05, 0) is 31.3 Å². The van der Waals surface area contributed by atoms with Gasteiger partial charge in [-0.2, -0.15) is 0 Å². The Morgan fingerprint density at radius 3 is 1.92 bits per heavy atom. The molecule has 0 aliphatic heterocycles. The minimum atomic E-state index is 0.213. The summed E-state index contributed by atoms with van der Waals surface area (Å²) in [6, 6.07) is 0. The maximum atomic E-state index is 11.6. The van der Waals surface area contributed by atoms with Gasteiger partial charge in [-0.1, -0.05) is 26.3 Å². The van der Waals surface area contributed by atoms with Crippen LogP contribution in [0.4, 0.5) is 0 Å². The first-order chi connectivity index (χ1) is 5.46. The average molecular weight is 166 g/mol. The van der Waals surface area contributed by atoms with Crippen molar-refractivity contribution in [2.45, 2.75) is 34.6 Å². The highest BCUT2D eigenvalue weighted by atomic mass is 16.1. The van der Waals surface area contributed by atoms with Crippen LogP contribution in [0.3, 0.4) is 0 Å². The van der Waals surface area contributed by atoms with E-state index in [0.29, 0.717) is 17.6 Å². The predicted octanol–water partition coefficient (Wildman–Crippen LogP) is 2.81. The topological polar surface area (TPSA) is 17.1 Å². The molecule has 0 bridgehead atoms. The van der Waals surface area contributed by atoms with Gasteiger partial charge in [-0.25, -0.2) is 0 Å². The Balaban J connectivity index is 2.99. The van der Waals surface area contributed by atoms with Crippen molar-refractivity contribution in [1.82, 2.24) is 0 Å². The molecular formula is C11H18O. The summed E-state index contributed by atoms with van der Waals surface area (Å²) in [6.07, 6.45) is 0. The van der Waals surface area contributed by atoms with Crippen LogP contribution in [0.15, 0.2) is 11.1 Å². The molecule has 0 saturated heterocycles. The number of ketones is 1. The molecule has 0 amide bonds. The highest BCUT2D eigenvalue weighted by Gasteiger charge is 2.35. The Hall–Kier alpha value is -0.590. The van der Waals surface area contributed by atoms with Gasteiger partial charge in [0.1, 0.15) is 0 Å². The number of hydrogen-bond acceptors (Lipinski definition) is 1. The van der Waals surface area contributed by atoms with Crippen molar-refractivity contribution in [2.75, 3.05) is 0 Å². The van der Waals surface area contributed by atoms with Crippen molar-refractivity contribution >= 4 is 5.78 Å². The molecule has 68 valence electrons. The molecule has 2 atom stereocenters. The molecule has 1 heteroatoms. The first-order valence-electron chi connectivity index (χ1n) is 4.68. The second-order valence-corrected chi connectivity index (χ2v) is 4.23. The fraction of sp³-hybridized carbons (Fsp3) is 0.727. The molecule has 1 nitrogen and oxygen atoms in total. The Morgan fingerprint density at radius 2 is 1.75 bits per heavy atom. The predicted molar refractivity (Wildman–Crippen MR) is 50.9 cm³/mol. The van der Waals surface area contributed by atoms with E-state index in [2.05, 4.69) is 20.8 Å². The highest BCUT2D eigenvalue weighted by molar-refractivity contribution is 6.00. The standard InChI is InChI=1S/C11H18O/c1-6(2)10-7(3)8(4)11(12)9(10)5/h6,9-10H,1-5H3. The van der Waals surface area contributed by atoms with Crippen molar-refractivity contribution in [3.8, 4) is 0 Å². The molecule has 0 heterocycles. The second kappa shape index (κ2) is 3.04. The maximum Gasteiger partial charge on any atom is 0.161 e. The molecule has 0 N–H and O–H groups in total. The molecule has 0 aromatic rings. The minimum absolute atomic E-state index is 0.213. The average Bonchev–Trinajstić information content (AvgIpc) is 2.16. The number of carbonyl (C=O) groups is 1. The van der Waals surface area contributed by atoms with E-state index < -0.39 is 0 Å². The van der Waals surface area contributed by atoms with Crippen LogP contribution in [0.2, 0.25) is 0 Å². The lowest BCUT2D eigenvalue weighted by molar-refractivity contribution is -0.118. The monoisotopic (exact) mass is 166 g/mol. The van der Waals surface area contributed by atoms with E-state index in [1.807, 2.05) is 13.8 Å². The van der Waals surface area contributed by atoms with E-state index in [-0.39, 0.29) is 5.92 Å². The molecule has 2 unspecified atom stereocenters. The van der Waals surface area contributed by atoms with Crippen molar-refractivity contribution in [2.24, 2.45) is 17.8 Å². The molecule has 0 fully saturated rings. The summed E-state index contributed by atoms with van der Waals surface area (Å²) in [6.45, 7) is 10.5. The quantitative estimate of drug-likeness (QED) is 0.585. The summed E-state index contributed by atoms with van der Waals surface area (Å²) >= 11 is 0. The molecule has 0 aromatic carbocycles. The summed E-state index contributed by atoms with van der Waals surface area (Å²) in [4.78, 5) is 11.6. The van der Waals surface area contributed by atoms with Gasteiger partial charge in [0.15, 0.2) is 5.78 Å². The molecule has 0 radical (unpaired) electrons. The normalized spacial score (nSPS) is 30.7. The summed E-state index contributed by atoms with van der Waals surface area (Å²) in [5, 5.41) is 0. The third-order valence-corrected chi connectivity index (χ3v) is 3.13. The van der Waals surface area contributed by atoms with Crippen LogP contribution in [0.25, 0.3) is 0 Å². The summed E-state index contributed by atoms with van der Waals surface area (Å²) in [5.74, 6) is 1.63. The third-order valence-electron chi connectivity index (χ3n) is 3.13. The summed E-state index contributed by atoms with van der Waals surface area (Å²) in [7, 11) is 0. The zero-order chi connectivity index (χ0) is 9.46. The molecule has 1 rings (SSSR count). The number of Topliss-reactive ketones (excluding diaryl/α,β-unsaturated/α-hetero) is 1. The highest BCUT2D eigenvalue weighted by Crippen LogP contribution is 2.38. The van der Waals surface area contributed by atoms with Crippen LogP contribution in [-0.4, -0.2) is 5.78 Å². The van der Waals surface area contributed by atoms with Crippen molar-refractivity contribution in [3.05, 3.63) is 11.1 Å². The van der Waals surface area contributed by atoms with Crippen molar-refractivity contribution in [1.29, 1.82) is 0 Å². The SMILES string of the molecule is CC1=C(C)C(C(C)C)C(C)C1=O. The van der Waals surface area contributed by atoms with Crippen LogP contribution >= 0.6 is 0 Å². The first-order valence-corrected chi connectivity index (χ1v) is 4.68. The molecule has 12 heavy (non-hydrogen) atoms. The number of carbonyl (C=O) groups excluding carboxylic acids is 1. The van der Waals surface area contributed by atoms with Crippen LogP contribution in [0, 0.1) is 17.8 Å². The lowest BCUT2D eigenvalue weighted by Gasteiger charge is -2.20.